The van der Waals surface area contributed by atoms with E-state index in [-0.39, 0.29) is 24.9 Å². The van der Waals surface area contributed by atoms with Crippen LogP contribution in [-0.2, 0) is 20.7 Å². The molecule has 1 amide bonds. The maximum atomic E-state index is 11.9. The van der Waals surface area contributed by atoms with Crippen molar-refractivity contribution in [1.82, 2.24) is 0 Å². The van der Waals surface area contributed by atoms with Crippen LogP contribution in [0.3, 0.4) is 0 Å². The molecule has 0 saturated heterocycles. The Hall–Kier alpha value is -2.53. The predicted octanol–water partition coefficient (Wildman–Crippen LogP) is 3.38. The minimum Gasteiger partial charge on any atom is -0.484 e. The number of carbonyl (C=O) groups is 2. The zero-order chi connectivity index (χ0) is 17.5. The zero-order valence-corrected chi connectivity index (χ0v) is 14.2. The normalized spacial score (nSPS) is 10.1. The fourth-order valence-electron chi connectivity index (χ4n) is 2.00. The van der Waals surface area contributed by atoms with Crippen LogP contribution in [-0.4, -0.2) is 25.6 Å². The first-order valence-electron chi connectivity index (χ1n) is 7.32. The highest BCUT2D eigenvalue weighted by molar-refractivity contribution is 6.33. The first-order valence-corrected chi connectivity index (χ1v) is 7.70. The number of carbonyl (C=O) groups excluding carboxylic acids is 2. The van der Waals surface area contributed by atoms with Gasteiger partial charge >= 0.3 is 5.97 Å². The van der Waals surface area contributed by atoms with Crippen molar-refractivity contribution in [3.8, 4) is 5.75 Å². The minimum atomic E-state index is -0.307. The number of anilines is 1. The highest BCUT2D eigenvalue weighted by Gasteiger charge is 2.08. The van der Waals surface area contributed by atoms with Crippen molar-refractivity contribution >= 4 is 29.2 Å². The van der Waals surface area contributed by atoms with Crippen LogP contribution in [0.5, 0.6) is 5.75 Å². The summed E-state index contributed by atoms with van der Waals surface area (Å²) in [5.74, 6) is -0.0776. The fourth-order valence-corrected chi connectivity index (χ4v) is 2.28. The molecular weight excluding hydrogens is 330 g/mol. The Labute approximate surface area is 145 Å². The molecule has 0 saturated carbocycles. The van der Waals surface area contributed by atoms with E-state index in [1.807, 2.05) is 13.0 Å². The largest absolute Gasteiger partial charge is 0.484 e. The molecule has 0 fully saturated rings. The number of hydrogen-bond acceptors (Lipinski definition) is 4. The van der Waals surface area contributed by atoms with E-state index in [1.165, 1.54) is 7.11 Å². The summed E-state index contributed by atoms with van der Waals surface area (Å²) in [6.07, 6.45) is 0.198. The molecule has 0 aliphatic rings. The van der Waals surface area contributed by atoms with Crippen LogP contribution in [0, 0.1) is 6.92 Å². The van der Waals surface area contributed by atoms with Gasteiger partial charge < -0.3 is 14.8 Å². The van der Waals surface area contributed by atoms with Gasteiger partial charge in [0, 0.05) is 0 Å². The number of rotatable bonds is 6. The van der Waals surface area contributed by atoms with E-state index in [0.717, 1.165) is 11.1 Å². The van der Waals surface area contributed by atoms with Gasteiger partial charge in [0.1, 0.15) is 5.75 Å². The number of halogens is 1. The summed E-state index contributed by atoms with van der Waals surface area (Å²) < 4.78 is 10.0. The number of hydrogen-bond donors (Lipinski definition) is 1. The predicted molar refractivity (Wildman–Crippen MR) is 92.5 cm³/mol. The summed E-state index contributed by atoms with van der Waals surface area (Å²) in [5.41, 5.74) is 2.37. The first kappa shape index (κ1) is 17.8. The molecule has 2 aromatic carbocycles. The molecule has 2 aromatic rings. The quantitative estimate of drug-likeness (QED) is 0.813. The van der Waals surface area contributed by atoms with E-state index in [2.05, 4.69) is 10.1 Å². The molecule has 0 aliphatic heterocycles. The molecule has 24 heavy (non-hydrogen) atoms. The third-order valence-electron chi connectivity index (χ3n) is 3.27. The number of methoxy groups -OCH3 is 1. The molecule has 5 nitrogen and oxygen atoms in total. The third kappa shape index (κ3) is 5.28. The third-order valence-corrected chi connectivity index (χ3v) is 3.58. The second kappa shape index (κ2) is 8.36. The van der Waals surface area contributed by atoms with E-state index < -0.39 is 0 Å². The second-order valence-corrected chi connectivity index (χ2v) is 5.62. The molecule has 0 aliphatic carbocycles. The van der Waals surface area contributed by atoms with Crippen molar-refractivity contribution in [1.29, 1.82) is 0 Å². The maximum absolute atomic E-state index is 11.9. The Morgan fingerprint density at radius 3 is 2.46 bits per heavy atom. The Morgan fingerprint density at radius 2 is 1.83 bits per heavy atom. The van der Waals surface area contributed by atoms with Crippen LogP contribution < -0.4 is 10.1 Å². The summed E-state index contributed by atoms with van der Waals surface area (Å²) in [7, 11) is 1.35. The number of ether oxygens (including phenoxy) is 2. The molecule has 0 radical (unpaired) electrons. The van der Waals surface area contributed by atoms with E-state index in [9.17, 15) is 9.59 Å². The average Bonchev–Trinajstić information content (AvgIpc) is 2.56. The van der Waals surface area contributed by atoms with E-state index in [0.29, 0.717) is 16.5 Å². The highest BCUT2D eigenvalue weighted by atomic mass is 35.5. The van der Waals surface area contributed by atoms with Crippen LogP contribution in [0.2, 0.25) is 5.02 Å². The van der Waals surface area contributed by atoms with E-state index >= 15 is 0 Å². The number of nitrogens with one attached hydrogen (secondary N) is 1. The lowest BCUT2D eigenvalue weighted by Gasteiger charge is -2.09. The molecule has 0 atom stereocenters. The molecular formula is C18H18ClNO4. The molecule has 126 valence electrons. The summed E-state index contributed by atoms with van der Waals surface area (Å²) >= 11 is 6.07. The lowest BCUT2D eigenvalue weighted by Crippen LogP contribution is -2.20. The molecule has 0 aromatic heterocycles. The van der Waals surface area contributed by atoms with Crippen molar-refractivity contribution < 1.29 is 19.1 Å². The van der Waals surface area contributed by atoms with Crippen molar-refractivity contribution in [3.05, 3.63) is 58.6 Å². The van der Waals surface area contributed by atoms with Gasteiger partial charge in [-0.05, 0) is 42.3 Å². The van der Waals surface area contributed by atoms with Crippen LogP contribution in [0.15, 0.2) is 42.5 Å². The second-order valence-electron chi connectivity index (χ2n) is 5.22. The Balaban J connectivity index is 1.86. The Bertz CT molecular complexity index is 728. The number of aryl methyl sites for hydroxylation is 1. The summed E-state index contributed by atoms with van der Waals surface area (Å²) in [6.45, 7) is 1.78. The maximum Gasteiger partial charge on any atom is 0.309 e. The van der Waals surface area contributed by atoms with Crippen LogP contribution in [0.4, 0.5) is 5.69 Å². The fraction of sp³-hybridized carbons (Fsp3) is 0.222. The van der Waals surface area contributed by atoms with E-state index in [4.69, 9.17) is 16.3 Å². The topological polar surface area (TPSA) is 64.6 Å². The SMILES string of the molecule is COC(=O)Cc1ccc(OCC(=O)Nc2ccc(C)cc2Cl)cc1. The van der Waals surface area contributed by atoms with E-state index in [1.54, 1.807) is 36.4 Å². The van der Waals surface area contributed by atoms with Gasteiger partial charge in [0.25, 0.3) is 5.91 Å². The summed E-state index contributed by atoms with van der Waals surface area (Å²) in [4.78, 5) is 23.1. The lowest BCUT2D eigenvalue weighted by atomic mass is 10.1. The molecule has 0 bridgehead atoms. The van der Waals surface area contributed by atoms with Crippen molar-refractivity contribution in [2.24, 2.45) is 0 Å². The Morgan fingerprint density at radius 1 is 1.12 bits per heavy atom. The van der Waals surface area contributed by atoms with Gasteiger partial charge in [-0.15, -0.1) is 0 Å². The summed E-state index contributed by atoms with van der Waals surface area (Å²) in [6, 6.07) is 12.3. The van der Waals surface area contributed by atoms with Gasteiger partial charge in [-0.25, -0.2) is 0 Å². The molecule has 1 N–H and O–H groups in total. The van der Waals surface area contributed by atoms with Crippen molar-refractivity contribution in [2.75, 3.05) is 19.0 Å². The standard InChI is InChI=1S/C18H18ClNO4/c1-12-3-8-16(15(19)9-12)20-17(21)11-24-14-6-4-13(5-7-14)10-18(22)23-2/h3-9H,10-11H2,1-2H3,(H,20,21). The average molecular weight is 348 g/mol. The van der Waals surface area contributed by atoms with Gasteiger partial charge in [0.15, 0.2) is 6.61 Å². The Kier molecular flexibility index (Phi) is 6.21. The van der Waals surface area contributed by atoms with Crippen LogP contribution >= 0.6 is 11.6 Å². The first-order chi connectivity index (χ1) is 11.5. The van der Waals surface area contributed by atoms with Gasteiger partial charge in [-0.3, -0.25) is 9.59 Å². The molecule has 0 heterocycles. The van der Waals surface area contributed by atoms with Crippen molar-refractivity contribution in [3.63, 3.8) is 0 Å². The van der Waals surface area contributed by atoms with Gasteiger partial charge in [-0.2, -0.15) is 0 Å². The number of amides is 1. The highest BCUT2D eigenvalue weighted by Crippen LogP contribution is 2.22. The van der Waals surface area contributed by atoms with Gasteiger partial charge in [0.2, 0.25) is 0 Å². The molecule has 0 spiro atoms. The smallest absolute Gasteiger partial charge is 0.309 e. The van der Waals surface area contributed by atoms with Crippen LogP contribution in [0.25, 0.3) is 0 Å². The number of benzene rings is 2. The monoisotopic (exact) mass is 347 g/mol. The van der Waals surface area contributed by atoms with Gasteiger partial charge in [0.05, 0.1) is 24.2 Å². The molecule has 0 unspecified atom stereocenters. The molecule has 2 rings (SSSR count). The lowest BCUT2D eigenvalue weighted by molar-refractivity contribution is -0.139. The van der Waals surface area contributed by atoms with Gasteiger partial charge in [-0.1, -0.05) is 29.8 Å². The molecule has 6 heteroatoms. The summed E-state index contributed by atoms with van der Waals surface area (Å²) in [5, 5.41) is 3.18. The van der Waals surface area contributed by atoms with Crippen molar-refractivity contribution in [2.45, 2.75) is 13.3 Å². The van der Waals surface area contributed by atoms with Crippen LogP contribution in [0.1, 0.15) is 11.1 Å². The zero-order valence-electron chi connectivity index (χ0n) is 13.5. The number of esters is 1. The minimum absolute atomic E-state index is 0.138.